The molecule has 1 amide bonds. The van der Waals surface area contributed by atoms with Crippen LogP contribution in [0.15, 0.2) is 0 Å². The summed E-state index contributed by atoms with van der Waals surface area (Å²) in [6, 6.07) is 0. The van der Waals surface area contributed by atoms with Crippen LogP contribution in [0.2, 0.25) is 0 Å². The lowest BCUT2D eigenvalue weighted by molar-refractivity contribution is -0.135. The van der Waals surface area contributed by atoms with Crippen LogP contribution in [-0.2, 0) is 9.53 Å². The summed E-state index contributed by atoms with van der Waals surface area (Å²) in [6.45, 7) is 4.71. The molecule has 2 rings (SSSR count). The van der Waals surface area contributed by atoms with Gasteiger partial charge in [-0.15, -0.1) is 0 Å². The molecule has 2 saturated heterocycles. The van der Waals surface area contributed by atoms with Crippen LogP contribution in [0.1, 0.15) is 19.3 Å². The molecule has 0 bridgehead atoms. The topological polar surface area (TPSA) is 41.6 Å². The summed E-state index contributed by atoms with van der Waals surface area (Å²) in [4.78, 5) is 13.7. The third-order valence-electron chi connectivity index (χ3n) is 3.70. The first-order valence-corrected chi connectivity index (χ1v) is 5.73. The van der Waals surface area contributed by atoms with E-state index in [2.05, 4.69) is 5.32 Å². The number of likely N-dealkylation sites (tertiary alicyclic amines) is 1. The zero-order valence-corrected chi connectivity index (χ0v) is 9.42. The third-order valence-corrected chi connectivity index (χ3v) is 3.70. The zero-order chi connectivity index (χ0) is 10.7. The van der Waals surface area contributed by atoms with E-state index in [0.717, 1.165) is 26.2 Å². The zero-order valence-electron chi connectivity index (χ0n) is 9.42. The molecule has 0 aromatic rings. The number of carbonyl (C=O) groups excluding carboxylic acids is 1. The summed E-state index contributed by atoms with van der Waals surface area (Å²) in [5.74, 6) is 0.249. The van der Waals surface area contributed by atoms with Gasteiger partial charge in [-0.25, -0.2) is 0 Å². The van der Waals surface area contributed by atoms with E-state index < -0.39 is 0 Å². The van der Waals surface area contributed by atoms with Crippen molar-refractivity contribution in [2.24, 2.45) is 5.41 Å². The summed E-state index contributed by atoms with van der Waals surface area (Å²) >= 11 is 0. The van der Waals surface area contributed by atoms with Gasteiger partial charge in [-0.05, 0) is 18.3 Å². The Morgan fingerprint density at radius 1 is 1.40 bits per heavy atom. The molecule has 4 heteroatoms. The van der Waals surface area contributed by atoms with Crippen LogP contribution in [0.25, 0.3) is 0 Å². The maximum atomic E-state index is 11.7. The van der Waals surface area contributed by atoms with E-state index in [-0.39, 0.29) is 5.91 Å². The Bertz CT molecular complexity index is 229. The largest absolute Gasteiger partial charge is 0.384 e. The molecule has 0 radical (unpaired) electrons. The monoisotopic (exact) mass is 212 g/mol. The number of amides is 1. The van der Waals surface area contributed by atoms with Crippen LogP contribution in [0, 0.1) is 5.41 Å². The standard InChI is InChI=1S/C11H20N2O2/c1-15-7-2-10(14)13-5-3-11(4-6-13)8-12-9-11/h12H,2-9H2,1H3. The van der Waals surface area contributed by atoms with Crippen LogP contribution in [0.3, 0.4) is 0 Å². The predicted molar refractivity (Wildman–Crippen MR) is 57.6 cm³/mol. The third kappa shape index (κ3) is 2.32. The van der Waals surface area contributed by atoms with Crippen LogP contribution in [-0.4, -0.2) is 50.7 Å². The number of piperidine rings is 1. The molecule has 1 spiro atoms. The molecule has 0 atom stereocenters. The second-order valence-corrected chi connectivity index (χ2v) is 4.73. The number of ether oxygens (including phenoxy) is 1. The fraction of sp³-hybridized carbons (Fsp3) is 0.909. The van der Waals surface area contributed by atoms with Gasteiger partial charge in [0.1, 0.15) is 0 Å². The first kappa shape index (κ1) is 10.9. The normalized spacial score (nSPS) is 23.9. The molecule has 0 aromatic heterocycles. The van der Waals surface area contributed by atoms with Crippen molar-refractivity contribution in [1.82, 2.24) is 10.2 Å². The van der Waals surface area contributed by atoms with E-state index in [1.54, 1.807) is 7.11 Å². The van der Waals surface area contributed by atoms with E-state index in [1.165, 1.54) is 12.8 Å². The number of carbonyl (C=O) groups is 1. The summed E-state index contributed by atoms with van der Waals surface area (Å²) < 4.78 is 4.92. The van der Waals surface area contributed by atoms with E-state index in [4.69, 9.17) is 4.74 Å². The van der Waals surface area contributed by atoms with E-state index >= 15 is 0 Å². The average Bonchev–Trinajstić information content (AvgIpc) is 2.24. The highest BCUT2D eigenvalue weighted by molar-refractivity contribution is 5.76. The fourth-order valence-electron chi connectivity index (χ4n) is 2.41. The molecule has 86 valence electrons. The van der Waals surface area contributed by atoms with E-state index in [0.29, 0.717) is 18.4 Å². The van der Waals surface area contributed by atoms with Crippen molar-refractivity contribution in [3.05, 3.63) is 0 Å². The Balaban J connectivity index is 1.75. The highest BCUT2D eigenvalue weighted by Crippen LogP contribution is 2.34. The highest BCUT2D eigenvalue weighted by atomic mass is 16.5. The van der Waals surface area contributed by atoms with Crippen molar-refractivity contribution in [3.8, 4) is 0 Å². The van der Waals surface area contributed by atoms with Crippen LogP contribution >= 0.6 is 0 Å². The lowest BCUT2D eigenvalue weighted by atomic mass is 9.73. The van der Waals surface area contributed by atoms with Crippen molar-refractivity contribution in [1.29, 1.82) is 0 Å². The lowest BCUT2D eigenvalue weighted by Gasteiger charge is -2.48. The van der Waals surface area contributed by atoms with Gasteiger partial charge in [0.15, 0.2) is 0 Å². The van der Waals surface area contributed by atoms with Gasteiger partial charge in [0, 0.05) is 33.3 Å². The number of hydrogen-bond donors (Lipinski definition) is 1. The Hall–Kier alpha value is -0.610. The van der Waals surface area contributed by atoms with Gasteiger partial charge in [-0.1, -0.05) is 0 Å². The van der Waals surface area contributed by atoms with Gasteiger partial charge in [-0.2, -0.15) is 0 Å². The molecule has 2 aliphatic rings. The van der Waals surface area contributed by atoms with Gasteiger partial charge in [0.25, 0.3) is 0 Å². The Morgan fingerprint density at radius 3 is 2.53 bits per heavy atom. The van der Waals surface area contributed by atoms with Crippen molar-refractivity contribution < 1.29 is 9.53 Å². The molecule has 1 N–H and O–H groups in total. The molecule has 4 nitrogen and oxygen atoms in total. The van der Waals surface area contributed by atoms with Crippen molar-refractivity contribution >= 4 is 5.91 Å². The summed E-state index contributed by atoms with van der Waals surface area (Å²) in [7, 11) is 1.64. The SMILES string of the molecule is COCCC(=O)N1CCC2(CC1)CNC2. The number of methoxy groups -OCH3 is 1. The maximum absolute atomic E-state index is 11.7. The van der Waals surface area contributed by atoms with Crippen LogP contribution in [0.4, 0.5) is 0 Å². The molecular weight excluding hydrogens is 192 g/mol. The molecule has 2 aliphatic heterocycles. The van der Waals surface area contributed by atoms with E-state index in [1.807, 2.05) is 4.90 Å². The van der Waals surface area contributed by atoms with Crippen molar-refractivity contribution in [3.63, 3.8) is 0 Å². The van der Waals surface area contributed by atoms with Gasteiger partial charge >= 0.3 is 0 Å². The Morgan fingerprint density at radius 2 is 2.07 bits per heavy atom. The molecule has 2 fully saturated rings. The van der Waals surface area contributed by atoms with Gasteiger partial charge in [0.05, 0.1) is 13.0 Å². The summed E-state index contributed by atoms with van der Waals surface area (Å²) in [5, 5.41) is 3.33. The van der Waals surface area contributed by atoms with Gasteiger partial charge in [-0.3, -0.25) is 4.79 Å². The van der Waals surface area contributed by atoms with Crippen molar-refractivity contribution in [2.75, 3.05) is 39.9 Å². The first-order chi connectivity index (χ1) is 7.26. The molecular formula is C11H20N2O2. The number of nitrogens with zero attached hydrogens (tertiary/aromatic N) is 1. The molecule has 15 heavy (non-hydrogen) atoms. The number of rotatable bonds is 3. The lowest BCUT2D eigenvalue weighted by Crippen LogP contribution is -2.58. The minimum Gasteiger partial charge on any atom is -0.384 e. The molecule has 0 unspecified atom stereocenters. The van der Waals surface area contributed by atoms with Gasteiger partial charge in [0.2, 0.25) is 5.91 Å². The fourth-order valence-corrected chi connectivity index (χ4v) is 2.41. The Kier molecular flexibility index (Phi) is 3.26. The molecule has 2 heterocycles. The second-order valence-electron chi connectivity index (χ2n) is 4.73. The first-order valence-electron chi connectivity index (χ1n) is 5.73. The van der Waals surface area contributed by atoms with Crippen LogP contribution < -0.4 is 5.32 Å². The smallest absolute Gasteiger partial charge is 0.224 e. The molecule has 0 aliphatic carbocycles. The summed E-state index contributed by atoms with van der Waals surface area (Å²) in [5.41, 5.74) is 0.526. The summed E-state index contributed by atoms with van der Waals surface area (Å²) in [6.07, 6.45) is 2.86. The van der Waals surface area contributed by atoms with Crippen LogP contribution in [0.5, 0.6) is 0 Å². The predicted octanol–water partition coefficient (Wildman–Crippen LogP) is 0.235. The number of nitrogens with one attached hydrogen (secondary N) is 1. The second kappa shape index (κ2) is 4.49. The average molecular weight is 212 g/mol. The minimum atomic E-state index is 0.249. The Labute approximate surface area is 91.0 Å². The molecule has 0 saturated carbocycles. The van der Waals surface area contributed by atoms with E-state index in [9.17, 15) is 4.79 Å². The highest BCUT2D eigenvalue weighted by Gasteiger charge is 2.40. The number of hydrogen-bond acceptors (Lipinski definition) is 3. The van der Waals surface area contributed by atoms with Gasteiger partial charge < -0.3 is 15.0 Å². The minimum absolute atomic E-state index is 0.249. The maximum Gasteiger partial charge on any atom is 0.224 e. The quantitative estimate of drug-likeness (QED) is 0.728. The van der Waals surface area contributed by atoms with Crippen molar-refractivity contribution in [2.45, 2.75) is 19.3 Å². The molecule has 0 aromatic carbocycles.